The van der Waals surface area contributed by atoms with Gasteiger partial charge < -0.3 is 19.3 Å². The fourth-order valence-corrected chi connectivity index (χ4v) is 5.69. The lowest BCUT2D eigenvalue weighted by atomic mass is 9.99. The zero-order chi connectivity index (χ0) is 29.1. The van der Waals surface area contributed by atoms with Gasteiger partial charge in [-0.3, -0.25) is 14.3 Å². The Hall–Kier alpha value is -4.42. The number of carbonyl (C=O) groups excluding carboxylic acids is 1. The van der Waals surface area contributed by atoms with E-state index in [1.165, 1.54) is 22.8 Å². The van der Waals surface area contributed by atoms with Crippen molar-refractivity contribution in [2.45, 2.75) is 50.7 Å². The predicted molar refractivity (Wildman–Crippen MR) is 138 cm³/mol. The highest BCUT2D eigenvalue weighted by molar-refractivity contribution is 5.95. The Labute approximate surface area is 231 Å². The maximum Gasteiger partial charge on any atom is 0.433 e. The van der Waals surface area contributed by atoms with E-state index in [0.29, 0.717) is 37.0 Å². The van der Waals surface area contributed by atoms with Gasteiger partial charge in [0.05, 0.1) is 12.6 Å². The Bertz CT molecular complexity index is 1620. The normalized spacial score (nSPS) is 20.8. The number of piperazine rings is 1. The second-order valence-electron chi connectivity index (χ2n) is 10.4. The van der Waals surface area contributed by atoms with Gasteiger partial charge in [0.15, 0.2) is 11.6 Å². The molecule has 1 aromatic carbocycles. The van der Waals surface area contributed by atoms with Crippen molar-refractivity contribution in [2.75, 3.05) is 18.0 Å². The molecule has 41 heavy (non-hydrogen) atoms. The zero-order valence-electron chi connectivity index (χ0n) is 21.9. The quantitative estimate of drug-likeness (QED) is 0.294. The summed E-state index contributed by atoms with van der Waals surface area (Å²) in [7, 11) is 0. The van der Waals surface area contributed by atoms with Crippen molar-refractivity contribution < 1.29 is 31.8 Å². The first-order valence-corrected chi connectivity index (χ1v) is 13.0. The molecule has 3 aromatic rings. The maximum absolute atomic E-state index is 14.7. The smallest absolute Gasteiger partial charge is 0.433 e. The minimum Gasteiger partial charge on any atom is -0.473 e. The van der Waals surface area contributed by atoms with Crippen LogP contribution in [0.25, 0.3) is 0 Å². The number of rotatable bonds is 8. The number of likely N-dealkylation sites (tertiary alicyclic amines) is 1. The summed E-state index contributed by atoms with van der Waals surface area (Å²) in [5, 5.41) is 0. The van der Waals surface area contributed by atoms with Crippen LogP contribution >= 0.6 is 0 Å². The number of carbonyl (C=O) groups is 1. The molecule has 2 aromatic heterocycles. The van der Waals surface area contributed by atoms with Gasteiger partial charge in [-0.1, -0.05) is 25.1 Å². The second kappa shape index (κ2) is 9.60. The van der Waals surface area contributed by atoms with Gasteiger partial charge in [0.25, 0.3) is 5.91 Å². The summed E-state index contributed by atoms with van der Waals surface area (Å²) >= 11 is 0. The molecule has 2 bridgehead atoms. The summed E-state index contributed by atoms with van der Waals surface area (Å²) in [6.07, 6.45) is -2.34. The van der Waals surface area contributed by atoms with Gasteiger partial charge >= 0.3 is 11.9 Å². The van der Waals surface area contributed by atoms with Gasteiger partial charge in [0.1, 0.15) is 29.4 Å². The van der Waals surface area contributed by atoms with E-state index in [2.05, 4.69) is 16.5 Å². The molecule has 0 aliphatic carbocycles. The van der Waals surface area contributed by atoms with Crippen molar-refractivity contribution in [1.29, 1.82) is 0 Å². The van der Waals surface area contributed by atoms with Gasteiger partial charge in [0.2, 0.25) is 5.88 Å². The third-order valence-corrected chi connectivity index (χ3v) is 7.77. The summed E-state index contributed by atoms with van der Waals surface area (Å²) in [5.41, 5.74) is -1.17. The maximum atomic E-state index is 14.7. The molecule has 6 rings (SSSR count). The summed E-state index contributed by atoms with van der Waals surface area (Å²) < 4.78 is 65.9. The molecule has 0 saturated carbocycles. The SMILES string of the molecule is C=C(CC)CN1C(=O)[C@]23C[C@H]1CN2c1cc(OCc2ccc(Oc4ccnc(C(F)(F)F)c4)c(F)c2)nc(=O)n1C3. The molecule has 9 nitrogen and oxygen atoms in total. The number of aromatic nitrogens is 3. The van der Waals surface area contributed by atoms with Gasteiger partial charge in [-0.05, 0) is 30.2 Å². The molecule has 1 spiro atoms. The monoisotopic (exact) mass is 571 g/mol. The van der Waals surface area contributed by atoms with Crippen LogP contribution in [-0.2, 0) is 24.1 Å². The fraction of sp³-hybridized carbons (Fsp3) is 0.357. The highest BCUT2D eigenvalue weighted by atomic mass is 19.4. The number of pyridine rings is 1. The van der Waals surface area contributed by atoms with Gasteiger partial charge in [0, 0.05) is 37.8 Å². The summed E-state index contributed by atoms with van der Waals surface area (Å²) in [6.45, 7) is 7.19. The summed E-state index contributed by atoms with van der Waals surface area (Å²) in [5.74, 6) is -0.756. The standard InChI is InChI=1S/C28H25F4N5O4/c1-3-16(2)12-35-18-11-27(25(35)38)15-36-24(37(27)13-18)10-23(34-26(36)39)40-14-17-4-5-21(20(29)8-17)41-19-6-7-33-22(9-19)28(30,31)32/h4-10,18H,2-3,11-15H2,1H3/t18-,27+/m0/s1. The number of anilines is 1. The average molecular weight is 572 g/mol. The van der Waals surface area contributed by atoms with Crippen molar-refractivity contribution in [2.24, 2.45) is 0 Å². The van der Waals surface area contributed by atoms with Gasteiger partial charge in [-0.15, -0.1) is 0 Å². The Kier molecular flexibility index (Phi) is 6.27. The summed E-state index contributed by atoms with van der Waals surface area (Å²) in [6, 6.07) is 7.37. The predicted octanol–water partition coefficient (Wildman–Crippen LogP) is 4.31. The zero-order valence-corrected chi connectivity index (χ0v) is 21.9. The average Bonchev–Trinajstić information content (AvgIpc) is 3.54. The molecule has 13 heteroatoms. The highest BCUT2D eigenvalue weighted by Gasteiger charge is 2.64. The van der Waals surface area contributed by atoms with Crippen LogP contribution in [0.3, 0.4) is 0 Å². The minimum absolute atomic E-state index is 0.0203. The van der Waals surface area contributed by atoms with Crippen molar-refractivity contribution in [1.82, 2.24) is 19.4 Å². The van der Waals surface area contributed by atoms with Crippen molar-refractivity contribution in [3.8, 4) is 17.4 Å². The first-order chi connectivity index (χ1) is 19.5. The Morgan fingerprint density at radius 3 is 2.73 bits per heavy atom. The topological polar surface area (TPSA) is 89.8 Å². The number of hydrogen-bond donors (Lipinski definition) is 0. The van der Waals surface area contributed by atoms with Crippen LogP contribution < -0.4 is 20.1 Å². The molecule has 3 aliphatic heterocycles. The third-order valence-electron chi connectivity index (χ3n) is 7.77. The third kappa shape index (κ3) is 4.58. The van der Waals surface area contributed by atoms with E-state index < -0.39 is 28.9 Å². The van der Waals surface area contributed by atoms with Gasteiger partial charge in [-0.25, -0.2) is 9.18 Å². The number of fused-ring (bicyclic) bond motifs is 3. The first-order valence-electron chi connectivity index (χ1n) is 13.0. The van der Waals surface area contributed by atoms with Crippen molar-refractivity contribution in [3.63, 3.8) is 0 Å². The molecule has 0 N–H and O–H groups in total. The number of ether oxygens (including phenoxy) is 2. The van der Waals surface area contributed by atoms with Crippen molar-refractivity contribution >= 4 is 11.7 Å². The molecule has 0 unspecified atom stereocenters. The molecule has 2 saturated heterocycles. The number of hydrogen-bond acceptors (Lipinski definition) is 7. The summed E-state index contributed by atoms with van der Waals surface area (Å²) in [4.78, 5) is 37.3. The Morgan fingerprint density at radius 2 is 2.00 bits per heavy atom. The minimum atomic E-state index is -4.66. The van der Waals surface area contributed by atoms with Crippen LogP contribution in [0.4, 0.5) is 23.4 Å². The van der Waals surface area contributed by atoms with E-state index in [-0.39, 0.29) is 42.5 Å². The van der Waals surface area contributed by atoms with E-state index in [4.69, 9.17) is 9.47 Å². The molecular formula is C28H25F4N5O4. The van der Waals surface area contributed by atoms with Crippen LogP contribution in [-0.4, -0.2) is 50.0 Å². The van der Waals surface area contributed by atoms with E-state index in [1.54, 1.807) is 6.07 Å². The lowest BCUT2D eigenvalue weighted by Gasteiger charge is -2.37. The van der Waals surface area contributed by atoms with Crippen LogP contribution in [0, 0.1) is 5.82 Å². The van der Waals surface area contributed by atoms with Crippen LogP contribution in [0.2, 0.25) is 0 Å². The highest BCUT2D eigenvalue weighted by Crippen LogP contribution is 2.49. The number of amides is 1. The lowest BCUT2D eigenvalue weighted by molar-refractivity contribution is -0.141. The molecule has 5 heterocycles. The van der Waals surface area contributed by atoms with Crippen molar-refractivity contribution in [3.05, 3.63) is 82.3 Å². The molecule has 0 radical (unpaired) electrons. The molecule has 3 aliphatic rings. The largest absolute Gasteiger partial charge is 0.473 e. The van der Waals surface area contributed by atoms with E-state index in [0.717, 1.165) is 24.3 Å². The van der Waals surface area contributed by atoms with Gasteiger partial charge in [-0.2, -0.15) is 18.2 Å². The van der Waals surface area contributed by atoms with E-state index >= 15 is 0 Å². The molecule has 214 valence electrons. The number of halogens is 4. The number of alkyl halides is 3. The molecular weight excluding hydrogens is 546 g/mol. The van der Waals surface area contributed by atoms with E-state index in [9.17, 15) is 27.2 Å². The molecule has 1 amide bonds. The fourth-order valence-electron chi connectivity index (χ4n) is 5.69. The number of benzene rings is 1. The van der Waals surface area contributed by atoms with Crippen LogP contribution in [0.15, 0.2) is 59.5 Å². The number of nitrogens with zero attached hydrogens (tertiary/aromatic N) is 5. The van der Waals surface area contributed by atoms with E-state index in [1.807, 2.05) is 16.7 Å². The second-order valence-corrected chi connectivity index (χ2v) is 10.4. The Morgan fingerprint density at radius 1 is 1.20 bits per heavy atom. The molecule has 2 fully saturated rings. The molecule has 2 atom stereocenters. The first kappa shape index (κ1) is 26.8. The van der Waals surface area contributed by atoms with Crippen LogP contribution in [0.1, 0.15) is 31.0 Å². The Balaban J connectivity index is 1.15. The van der Waals surface area contributed by atoms with Crippen LogP contribution in [0.5, 0.6) is 17.4 Å². The lowest BCUT2D eigenvalue weighted by Crippen LogP contribution is -2.57.